The van der Waals surface area contributed by atoms with Crippen LogP contribution >= 0.6 is 11.6 Å². The summed E-state index contributed by atoms with van der Waals surface area (Å²) in [6.07, 6.45) is 2.06. The van der Waals surface area contributed by atoms with E-state index in [1.165, 1.54) is 12.3 Å². The number of rotatable bonds is 5. The zero-order valence-electron chi connectivity index (χ0n) is 11.0. The number of nitrogens with one attached hydrogen (secondary N) is 1. The van der Waals surface area contributed by atoms with Crippen molar-refractivity contribution < 1.29 is 4.92 Å². The fourth-order valence-corrected chi connectivity index (χ4v) is 2.08. The number of hydrogen-bond donors (Lipinski definition) is 1. The van der Waals surface area contributed by atoms with Crippen molar-refractivity contribution in [1.29, 1.82) is 0 Å². The van der Waals surface area contributed by atoms with E-state index in [-0.39, 0.29) is 5.69 Å². The average Bonchev–Trinajstić information content (AvgIpc) is 2.40. The minimum absolute atomic E-state index is 0.00268. The molecule has 2 aromatic rings. The van der Waals surface area contributed by atoms with Crippen molar-refractivity contribution in [3.8, 4) is 0 Å². The summed E-state index contributed by atoms with van der Waals surface area (Å²) in [6, 6.07) is 9.17. The molecule has 0 amide bonds. The van der Waals surface area contributed by atoms with Gasteiger partial charge in [0.05, 0.1) is 4.92 Å². The van der Waals surface area contributed by atoms with Crippen LogP contribution in [0.15, 0.2) is 36.5 Å². The first-order valence-electron chi connectivity index (χ1n) is 6.15. The highest BCUT2D eigenvalue weighted by Gasteiger charge is 2.08. The number of halogens is 1. The Morgan fingerprint density at radius 2 is 2.20 bits per heavy atom. The van der Waals surface area contributed by atoms with Gasteiger partial charge in [-0.05, 0) is 36.6 Å². The Morgan fingerprint density at radius 1 is 1.40 bits per heavy atom. The minimum Gasteiger partial charge on any atom is -0.370 e. The van der Waals surface area contributed by atoms with Gasteiger partial charge in [-0.25, -0.2) is 4.98 Å². The van der Waals surface area contributed by atoms with Gasteiger partial charge in [0, 0.05) is 17.6 Å². The molecule has 2 rings (SSSR count). The van der Waals surface area contributed by atoms with Crippen LogP contribution in [0.25, 0.3) is 0 Å². The molecule has 0 saturated heterocycles. The van der Waals surface area contributed by atoms with Crippen LogP contribution in [0.2, 0.25) is 5.02 Å². The van der Waals surface area contributed by atoms with Gasteiger partial charge >= 0.3 is 0 Å². The molecule has 0 unspecified atom stereocenters. The van der Waals surface area contributed by atoms with Gasteiger partial charge in [-0.3, -0.25) is 10.1 Å². The molecule has 1 aromatic carbocycles. The average molecular weight is 292 g/mol. The molecule has 104 valence electrons. The van der Waals surface area contributed by atoms with E-state index in [2.05, 4.69) is 10.3 Å². The van der Waals surface area contributed by atoms with E-state index in [0.29, 0.717) is 17.4 Å². The first-order valence-corrected chi connectivity index (χ1v) is 6.53. The second-order valence-corrected chi connectivity index (χ2v) is 4.86. The number of anilines is 1. The van der Waals surface area contributed by atoms with E-state index in [4.69, 9.17) is 11.6 Å². The third kappa shape index (κ3) is 3.68. The van der Waals surface area contributed by atoms with Gasteiger partial charge in [-0.2, -0.15) is 0 Å². The Kier molecular flexibility index (Phi) is 4.53. The molecular weight excluding hydrogens is 278 g/mol. The topological polar surface area (TPSA) is 68.1 Å². The molecule has 0 radical (unpaired) electrons. The van der Waals surface area contributed by atoms with Crippen molar-refractivity contribution in [2.24, 2.45) is 0 Å². The smallest absolute Gasteiger partial charge is 0.287 e. The van der Waals surface area contributed by atoms with Gasteiger partial charge in [0.15, 0.2) is 0 Å². The summed E-state index contributed by atoms with van der Waals surface area (Å²) < 4.78 is 0. The maximum Gasteiger partial charge on any atom is 0.287 e. The minimum atomic E-state index is -0.449. The van der Waals surface area contributed by atoms with Gasteiger partial charge in [-0.1, -0.05) is 23.7 Å². The lowest BCUT2D eigenvalue weighted by Gasteiger charge is -2.08. The molecule has 0 aliphatic heterocycles. The summed E-state index contributed by atoms with van der Waals surface area (Å²) >= 11 is 5.92. The highest BCUT2D eigenvalue weighted by molar-refractivity contribution is 6.30. The van der Waals surface area contributed by atoms with Crippen LogP contribution in [-0.2, 0) is 6.42 Å². The van der Waals surface area contributed by atoms with Gasteiger partial charge in [0.25, 0.3) is 5.69 Å². The second-order valence-electron chi connectivity index (χ2n) is 4.42. The van der Waals surface area contributed by atoms with Crippen LogP contribution in [0.1, 0.15) is 11.1 Å². The molecule has 1 aromatic heterocycles. The normalized spacial score (nSPS) is 10.3. The van der Waals surface area contributed by atoms with E-state index >= 15 is 0 Å². The van der Waals surface area contributed by atoms with Crippen molar-refractivity contribution in [1.82, 2.24) is 4.98 Å². The first-order chi connectivity index (χ1) is 9.56. The zero-order chi connectivity index (χ0) is 14.5. The van der Waals surface area contributed by atoms with Crippen LogP contribution < -0.4 is 5.32 Å². The van der Waals surface area contributed by atoms with Crippen molar-refractivity contribution in [3.63, 3.8) is 0 Å². The summed E-state index contributed by atoms with van der Waals surface area (Å²) in [5.41, 5.74) is 1.89. The largest absolute Gasteiger partial charge is 0.370 e. The number of hydrogen-bond acceptors (Lipinski definition) is 4. The molecule has 0 spiro atoms. The molecule has 6 heteroatoms. The van der Waals surface area contributed by atoms with E-state index in [9.17, 15) is 10.1 Å². The van der Waals surface area contributed by atoms with Crippen molar-refractivity contribution >= 4 is 23.1 Å². The van der Waals surface area contributed by atoms with Crippen LogP contribution in [0, 0.1) is 17.0 Å². The summed E-state index contributed by atoms with van der Waals surface area (Å²) in [6.45, 7) is 2.48. The van der Waals surface area contributed by atoms with Crippen molar-refractivity contribution in [2.45, 2.75) is 13.3 Å². The van der Waals surface area contributed by atoms with Crippen LogP contribution in [0.4, 0.5) is 11.5 Å². The maximum atomic E-state index is 10.6. The summed E-state index contributed by atoms with van der Waals surface area (Å²) in [5.74, 6) is 0.664. The highest BCUT2D eigenvalue weighted by Crippen LogP contribution is 2.18. The lowest BCUT2D eigenvalue weighted by atomic mass is 10.1. The highest BCUT2D eigenvalue weighted by atomic mass is 35.5. The van der Waals surface area contributed by atoms with E-state index in [0.717, 1.165) is 17.5 Å². The second kappa shape index (κ2) is 6.34. The Hall–Kier alpha value is -2.14. The van der Waals surface area contributed by atoms with Gasteiger partial charge < -0.3 is 5.32 Å². The lowest BCUT2D eigenvalue weighted by Crippen LogP contribution is -2.08. The molecule has 0 bridgehead atoms. The van der Waals surface area contributed by atoms with Crippen molar-refractivity contribution in [2.75, 3.05) is 11.9 Å². The van der Waals surface area contributed by atoms with Crippen LogP contribution in [-0.4, -0.2) is 16.5 Å². The summed E-state index contributed by atoms with van der Waals surface area (Å²) in [4.78, 5) is 14.2. The Balaban J connectivity index is 1.96. The summed E-state index contributed by atoms with van der Waals surface area (Å²) in [5, 5.41) is 14.5. The number of benzene rings is 1. The standard InChI is InChI=1S/C14H14ClN3O2/c1-10-7-13(18(19)20)9-17-14(10)16-6-5-11-3-2-4-12(15)8-11/h2-4,7-9H,5-6H2,1H3,(H,16,17). The number of pyridine rings is 1. The fourth-order valence-electron chi connectivity index (χ4n) is 1.86. The number of aromatic nitrogens is 1. The Morgan fingerprint density at radius 3 is 2.85 bits per heavy atom. The fraction of sp³-hybridized carbons (Fsp3) is 0.214. The number of nitrogens with zero attached hydrogens (tertiary/aromatic N) is 2. The molecule has 0 atom stereocenters. The molecule has 0 saturated carbocycles. The van der Waals surface area contributed by atoms with E-state index < -0.39 is 4.92 Å². The monoisotopic (exact) mass is 291 g/mol. The van der Waals surface area contributed by atoms with E-state index in [1.54, 1.807) is 6.92 Å². The number of aryl methyl sites for hydroxylation is 1. The van der Waals surface area contributed by atoms with Gasteiger partial charge in [0.2, 0.25) is 0 Å². The summed E-state index contributed by atoms with van der Waals surface area (Å²) in [7, 11) is 0. The first kappa shape index (κ1) is 14.3. The lowest BCUT2D eigenvalue weighted by molar-refractivity contribution is -0.385. The van der Waals surface area contributed by atoms with E-state index in [1.807, 2.05) is 24.3 Å². The third-order valence-corrected chi connectivity index (χ3v) is 3.10. The van der Waals surface area contributed by atoms with Crippen LogP contribution in [0.5, 0.6) is 0 Å². The molecular formula is C14H14ClN3O2. The SMILES string of the molecule is Cc1cc([N+](=O)[O-])cnc1NCCc1cccc(Cl)c1. The Bertz CT molecular complexity index is 632. The molecule has 1 N–H and O–H groups in total. The molecule has 20 heavy (non-hydrogen) atoms. The molecule has 1 heterocycles. The van der Waals surface area contributed by atoms with Crippen LogP contribution in [0.3, 0.4) is 0 Å². The number of nitro groups is 1. The predicted octanol–water partition coefficient (Wildman–Crippen LogP) is 3.61. The van der Waals surface area contributed by atoms with Crippen molar-refractivity contribution in [3.05, 3.63) is 62.8 Å². The molecule has 0 aliphatic carbocycles. The molecule has 0 aliphatic rings. The predicted molar refractivity (Wildman–Crippen MR) is 79.3 cm³/mol. The van der Waals surface area contributed by atoms with Gasteiger partial charge in [-0.15, -0.1) is 0 Å². The zero-order valence-corrected chi connectivity index (χ0v) is 11.7. The molecule has 0 fully saturated rings. The quantitative estimate of drug-likeness (QED) is 0.675. The molecule has 5 nitrogen and oxygen atoms in total. The Labute approximate surface area is 121 Å². The maximum absolute atomic E-state index is 10.6. The third-order valence-electron chi connectivity index (χ3n) is 2.87. The van der Waals surface area contributed by atoms with Gasteiger partial charge in [0.1, 0.15) is 12.0 Å².